The van der Waals surface area contributed by atoms with Gasteiger partial charge in [-0.3, -0.25) is 14.4 Å². The molecule has 0 saturated carbocycles. The molecule has 0 spiro atoms. The highest BCUT2D eigenvalue weighted by atomic mass is 16.9. The topological polar surface area (TPSA) is 174 Å². The number of hydrogen-bond donors (Lipinski definition) is 5. The van der Waals surface area contributed by atoms with Gasteiger partial charge in [-0.05, 0) is 51.8 Å². The molecule has 3 aliphatic heterocycles. The minimum Gasteiger partial charge on any atom is -0.508 e. The van der Waals surface area contributed by atoms with Crippen molar-refractivity contribution >= 4 is 17.8 Å². The number of phenolic OH excluding ortho intramolecular Hbond substituents is 1. The van der Waals surface area contributed by atoms with E-state index in [4.69, 9.17) is 28.8 Å². The van der Waals surface area contributed by atoms with Crippen LogP contribution in [-0.4, -0.2) is 96.0 Å². The quantitative estimate of drug-likeness (QED) is 0.263. The first kappa shape index (κ1) is 28.2. The molecule has 0 radical (unpaired) electrons. The van der Waals surface area contributed by atoms with Crippen LogP contribution in [0.15, 0.2) is 24.3 Å². The number of phenols is 1. The number of rotatable bonds is 10. The SMILES string of the molecule is CC1(C)O[C@@H]2[C@@H](CO[C@@]3(CN[C@@H](Cc4ccc(O)cc4)C(=O)NCC(=O)NCC(=O)O)OC(C)(C)O[C@@H]23)O1. The molecule has 0 aromatic heterocycles. The van der Waals surface area contributed by atoms with Crippen LogP contribution in [0.4, 0.5) is 0 Å². The standard InChI is InChI=1S/C25H35N3O10/c1-23(2)35-17-12-34-25(21(20(17)36-23)37-24(3,4)38-25)13-28-16(9-14-5-7-15(29)8-6-14)22(33)27-10-18(30)26-11-19(31)32/h5-8,16-17,20-21,28-29H,9-13H2,1-4H3,(H,26,30)(H,27,33)(H,31,32)/t16-,17+,20+,21-,25-/m0/s1. The summed E-state index contributed by atoms with van der Waals surface area (Å²) in [4.78, 5) is 35.7. The maximum Gasteiger partial charge on any atom is 0.322 e. The van der Waals surface area contributed by atoms with Gasteiger partial charge in [-0.2, -0.15) is 0 Å². The third-order valence-corrected chi connectivity index (χ3v) is 6.42. The molecule has 0 bridgehead atoms. The molecule has 3 heterocycles. The largest absolute Gasteiger partial charge is 0.508 e. The number of aromatic hydroxyl groups is 1. The fraction of sp³-hybridized carbons (Fsp3) is 0.640. The van der Waals surface area contributed by atoms with Gasteiger partial charge >= 0.3 is 5.97 Å². The van der Waals surface area contributed by atoms with E-state index in [9.17, 15) is 19.5 Å². The van der Waals surface area contributed by atoms with E-state index in [0.717, 1.165) is 5.56 Å². The van der Waals surface area contributed by atoms with Crippen LogP contribution in [0, 0.1) is 0 Å². The van der Waals surface area contributed by atoms with Crippen molar-refractivity contribution in [3.8, 4) is 5.75 Å². The molecule has 1 aromatic carbocycles. The summed E-state index contributed by atoms with van der Waals surface area (Å²) < 4.78 is 30.7. The van der Waals surface area contributed by atoms with Crippen LogP contribution < -0.4 is 16.0 Å². The lowest BCUT2D eigenvalue weighted by Crippen LogP contribution is -2.64. The molecule has 13 nitrogen and oxygen atoms in total. The molecule has 13 heteroatoms. The van der Waals surface area contributed by atoms with Crippen molar-refractivity contribution in [1.82, 2.24) is 16.0 Å². The zero-order chi connectivity index (χ0) is 27.7. The minimum atomic E-state index is -1.28. The molecule has 5 N–H and O–H groups in total. The van der Waals surface area contributed by atoms with Gasteiger partial charge in [0, 0.05) is 0 Å². The Morgan fingerprint density at radius 2 is 1.71 bits per heavy atom. The molecule has 0 aliphatic carbocycles. The zero-order valence-corrected chi connectivity index (χ0v) is 21.8. The van der Waals surface area contributed by atoms with Crippen LogP contribution >= 0.6 is 0 Å². The molecule has 210 valence electrons. The molecule has 38 heavy (non-hydrogen) atoms. The van der Waals surface area contributed by atoms with Crippen molar-refractivity contribution < 1.29 is 48.3 Å². The van der Waals surface area contributed by atoms with E-state index in [1.165, 1.54) is 12.1 Å². The van der Waals surface area contributed by atoms with E-state index in [-0.39, 0.29) is 31.4 Å². The van der Waals surface area contributed by atoms with Crippen LogP contribution in [0.25, 0.3) is 0 Å². The van der Waals surface area contributed by atoms with Crippen LogP contribution in [0.5, 0.6) is 5.75 Å². The van der Waals surface area contributed by atoms with Crippen molar-refractivity contribution in [1.29, 1.82) is 0 Å². The highest BCUT2D eigenvalue weighted by molar-refractivity contribution is 5.88. The van der Waals surface area contributed by atoms with Gasteiger partial charge in [0.2, 0.25) is 17.6 Å². The second-order valence-electron chi connectivity index (χ2n) is 10.5. The van der Waals surface area contributed by atoms with Gasteiger partial charge in [-0.1, -0.05) is 12.1 Å². The second kappa shape index (κ2) is 10.8. The molecule has 3 saturated heterocycles. The summed E-state index contributed by atoms with van der Waals surface area (Å²) in [7, 11) is 0. The minimum absolute atomic E-state index is 0.0511. The van der Waals surface area contributed by atoms with Gasteiger partial charge in [0.1, 0.15) is 30.6 Å². The third kappa shape index (κ3) is 6.60. The van der Waals surface area contributed by atoms with Gasteiger partial charge in [-0.15, -0.1) is 0 Å². The Morgan fingerprint density at radius 1 is 1.00 bits per heavy atom. The Labute approximate surface area is 220 Å². The first-order valence-electron chi connectivity index (χ1n) is 12.4. The summed E-state index contributed by atoms with van der Waals surface area (Å²) in [6, 6.07) is 5.55. The molecule has 4 rings (SSSR count). The summed E-state index contributed by atoms with van der Waals surface area (Å²) in [6.07, 6.45) is -1.23. The van der Waals surface area contributed by atoms with Crippen molar-refractivity contribution in [3.63, 3.8) is 0 Å². The third-order valence-electron chi connectivity index (χ3n) is 6.42. The molecule has 2 amide bonds. The number of hydrogen-bond acceptors (Lipinski definition) is 10. The van der Waals surface area contributed by atoms with Gasteiger partial charge in [-0.25, -0.2) is 0 Å². The average molecular weight is 538 g/mol. The summed E-state index contributed by atoms with van der Waals surface area (Å²) in [5.41, 5.74) is 0.752. The van der Waals surface area contributed by atoms with E-state index in [0.29, 0.717) is 0 Å². The number of carbonyl (C=O) groups is 3. The number of aliphatic carboxylic acids is 1. The Bertz CT molecular complexity index is 1050. The number of nitrogens with one attached hydrogen (secondary N) is 3. The Morgan fingerprint density at radius 3 is 2.39 bits per heavy atom. The molecular weight excluding hydrogens is 502 g/mol. The molecule has 3 aliphatic rings. The second-order valence-corrected chi connectivity index (χ2v) is 10.5. The number of benzene rings is 1. The summed E-state index contributed by atoms with van der Waals surface area (Å²) in [6.45, 7) is 6.46. The lowest BCUT2D eigenvalue weighted by atomic mass is 9.96. The Kier molecular flexibility index (Phi) is 7.98. The van der Waals surface area contributed by atoms with Gasteiger partial charge in [0.05, 0.1) is 25.7 Å². The van der Waals surface area contributed by atoms with E-state index in [1.807, 2.05) is 13.8 Å². The van der Waals surface area contributed by atoms with Gasteiger partial charge in [0.15, 0.2) is 11.6 Å². The maximum atomic E-state index is 13.1. The van der Waals surface area contributed by atoms with Gasteiger partial charge in [0.25, 0.3) is 0 Å². The highest BCUT2D eigenvalue weighted by Crippen LogP contribution is 2.47. The Balaban J connectivity index is 1.48. The van der Waals surface area contributed by atoms with Crippen molar-refractivity contribution in [3.05, 3.63) is 29.8 Å². The first-order chi connectivity index (χ1) is 17.8. The van der Waals surface area contributed by atoms with Crippen molar-refractivity contribution in [2.75, 3.05) is 26.2 Å². The molecule has 3 fully saturated rings. The first-order valence-corrected chi connectivity index (χ1v) is 12.4. The van der Waals surface area contributed by atoms with E-state index < -0.39 is 66.5 Å². The van der Waals surface area contributed by atoms with Crippen LogP contribution in [0.3, 0.4) is 0 Å². The number of ether oxygens (including phenoxy) is 5. The fourth-order valence-electron chi connectivity index (χ4n) is 4.90. The molecule has 0 unspecified atom stereocenters. The molecule has 5 atom stereocenters. The van der Waals surface area contributed by atoms with Crippen molar-refractivity contribution in [2.45, 2.75) is 75.8 Å². The van der Waals surface area contributed by atoms with Crippen LogP contribution in [0.1, 0.15) is 33.3 Å². The van der Waals surface area contributed by atoms with E-state index >= 15 is 0 Å². The molecular formula is C25H35N3O10. The predicted molar refractivity (Wildman–Crippen MR) is 130 cm³/mol. The fourth-order valence-corrected chi connectivity index (χ4v) is 4.90. The number of fused-ring (bicyclic) bond motifs is 3. The van der Waals surface area contributed by atoms with Crippen LogP contribution in [0.2, 0.25) is 0 Å². The maximum absolute atomic E-state index is 13.1. The van der Waals surface area contributed by atoms with Crippen LogP contribution in [-0.2, 0) is 44.5 Å². The van der Waals surface area contributed by atoms with Gasteiger partial charge < -0.3 is 49.8 Å². The smallest absolute Gasteiger partial charge is 0.322 e. The lowest BCUT2D eigenvalue weighted by Gasteiger charge is -2.41. The zero-order valence-electron chi connectivity index (χ0n) is 21.8. The normalized spacial score (nSPS) is 29.6. The Hall–Kier alpha value is -2.81. The average Bonchev–Trinajstić information content (AvgIpc) is 3.31. The number of carboxylic acid groups (broad SMARTS) is 1. The van der Waals surface area contributed by atoms with Crippen molar-refractivity contribution in [2.24, 2.45) is 0 Å². The number of carboxylic acids is 1. The van der Waals surface area contributed by atoms with E-state index in [1.54, 1.807) is 26.0 Å². The van der Waals surface area contributed by atoms with E-state index in [2.05, 4.69) is 16.0 Å². The monoisotopic (exact) mass is 537 g/mol. The summed E-state index contributed by atoms with van der Waals surface area (Å²) >= 11 is 0. The highest BCUT2D eigenvalue weighted by Gasteiger charge is 2.65. The molecule has 1 aromatic rings. The summed E-state index contributed by atoms with van der Waals surface area (Å²) in [5, 5.41) is 26.3. The number of amides is 2. The summed E-state index contributed by atoms with van der Waals surface area (Å²) in [5.74, 6) is -5.33. The number of carbonyl (C=O) groups excluding carboxylic acids is 2. The predicted octanol–water partition coefficient (Wildman–Crippen LogP) is -0.392. The lowest BCUT2D eigenvalue weighted by molar-refractivity contribution is -0.278.